The van der Waals surface area contributed by atoms with Gasteiger partial charge in [-0.1, -0.05) is 37.3 Å². The van der Waals surface area contributed by atoms with Crippen LogP contribution in [0.15, 0.2) is 41.2 Å². The van der Waals surface area contributed by atoms with Gasteiger partial charge in [-0.25, -0.2) is 4.98 Å². The topological polar surface area (TPSA) is 60.9 Å². The highest BCUT2D eigenvalue weighted by Gasteiger charge is 2.12. The van der Waals surface area contributed by atoms with E-state index in [1.165, 1.54) is 10.6 Å². The predicted octanol–water partition coefficient (Wildman–Crippen LogP) is 1.51. The largest absolute Gasteiger partial charge is 0.369 e. The van der Waals surface area contributed by atoms with Gasteiger partial charge in [0, 0.05) is 19.0 Å². The first-order chi connectivity index (χ1) is 8.09. The number of rotatable bonds is 2. The van der Waals surface area contributed by atoms with Gasteiger partial charge >= 0.3 is 0 Å². The van der Waals surface area contributed by atoms with Gasteiger partial charge in [-0.05, 0) is 5.56 Å². The third-order valence-corrected chi connectivity index (χ3v) is 2.93. The van der Waals surface area contributed by atoms with Crippen LogP contribution in [0.2, 0.25) is 0 Å². The van der Waals surface area contributed by atoms with E-state index >= 15 is 0 Å². The Labute approximate surface area is 99.7 Å². The molecule has 2 rings (SSSR count). The van der Waals surface area contributed by atoms with Gasteiger partial charge in [0.25, 0.3) is 5.56 Å². The van der Waals surface area contributed by atoms with Crippen molar-refractivity contribution in [2.45, 2.75) is 12.8 Å². The van der Waals surface area contributed by atoms with E-state index in [0.29, 0.717) is 5.69 Å². The van der Waals surface area contributed by atoms with Crippen LogP contribution in [-0.4, -0.2) is 9.55 Å². The maximum atomic E-state index is 11.6. The Kier molecular flexibility index (Phi) is 2.95. The summed E-state index contributed by atoms with van der Waals surface area (Å²) in [5, 5.41) is 0. The van der Waals surface area contributed by atoms with Crippen LogP contribution in [0.1, 0.15) is 24.1 Å². The highest BCUT2D eigenvalue weighted by Crippen LogP contribution is 2.21. The van der Waals surface area contributed by atoms with E-state index in [9.17, 15) is 4.79 Å². The molecule has 0 radical (unpaired) electrons. The lowest BCUT2D eigenvalue weighted by atomic mass is 9.98. The number of hydrogen-bond acceptors (Lipinski definition) is 3. The molecule has 1 aromatic carbocycles. The van der Waals surface area contributed by atoms with Gasteiger partial charge in [-0.3, -0.25) is 9.36 Å². The van der Waals surface area contributed by atoms with Gasteiger partial charge in [0.2, 0.25) is 5.95 Å². The van der Waals surface area contributed by atoms with Crippen molar-refractivity contribution in [1.29, 1.82) is 0 Å². The van der Waals surface area contributed by atoms with Crippen molar-refractivity contribution in [3.05, 3.63) is 58.0 Å². The van der Waals surface area contributed by atoms with Crippen LogP contribution in [0.25, 0.3) is 0 Å². The van der Waals surface area contributed by atoms with Crippen LogP contribution in [0, 0.1) is 0 Å². The number of benzene rings is 1. The monoisotopic (exact) mass is 229 g/mol. The van der Waals surface area contributed by atoms with Crippen LogP contribution in [0.3, 0.4) is 0 Å². The summed E-state index contributed by atoms with van der Waals surface area (Å²) in [6.07, 6.45) is 0. The number of aromatic nitrogens is 2. The zero-order valence-electron chi connectivity index (χ0n) is 9.92. The molecule has 1 unspecified atom stereocenters. The summed E-state index contributed by atoms with van der Waals surface area (Å²) < 4.78 is 1.33. The molecule has 0 spiro atoms. The molecule has 2 N–H and O–H groups in total. The third-order valence-electron chi connectivity index (χ3n) is 2.93. The van der Waals surface area contributed by atoms with E-state index < -0.39 is 0 Å². The van der Waals surface area contributed by atoms with Crippen molar-refractivity contribution in [3.63, 3.8) is 0 Å². The molecule has 1 aromatic heterocycles. The molecule has 0 aliphatic carbocycles. The zero-order chi connectivity index (χ0) is 12.4. The highest BCUT2D eigenvalue weighted by molar-refractivity contribution is 5.30. The Morgan fingerprint density at radius 3 is 2.53 bits per heavy atom. The van der Waals surface area contributed by atoms with Crippen molar-refractivity contribution < 1.29 is 0 Å². The molecule has 88 valence electrons. The smallest absolute Gasteiger partial charge is 0.254 e. The molecule has 0 saturated heterocycles. The van der Waals surface area contributed by atoms with Crippen molar-refractivity contribution in [3.8, 4) is 0 Å². The fraction of sp³-hybridized carbons (Fsp3) is 0.231. The van der Waals surface area contributed by atoms with Gasteiger partial charge < -0.3 is 5.73 Å². The van der Waals surface area contributed by atoms with E-state index in [2.05, 4.69) is 4.98 Å². The first-order valence-electron chi connectivity index (χ1n) is 5.48. The minimum atomic E-state index is -0.129. The normalized spacial score (nSPS) is 12.4. The molecule has 2 aromatic rings. The molecule has 4 heteroatoms. The van der Waals surface area contributed by atoms with Crippen molar-refractivity contribution >= 4 is 5.95 Å². The molecule has 0 amide bonds. The van der Waals surface area contributed by atoms with Gasteiger partial charge in [0.05, 0.1) is 5.69 Å². The second-order valence-electron chi connectivity index (χ2n) is 4.07. The summed E-state index contributed by atoms with van der Waals surface area (Å²) in [7, 11) is 1.61. The van der Waals surface area contributed by atoms with Crippen LogP contribution in [-0.2, 0) is 7.05 Å². The van der Waals surface area contributed by atoms with E-state index in [4.69, 9.17) is 5.73 Å². The van der Waals surface area contributed by atoms with E-state index in [1.807, 2.05) is 37.3 Å². The average molecular weight is 229 g/mol. The fourth-order valence-electron chi connectivity index (χ4n) is 1.71. The minimum Gasteiger partial charge on any atom is -0.369 e. The summed E-state index contributed by atoms with van der Waals surface area (Å²) in [4.78, 5) is 15.9. The molecule has 0 saturated carbocycles. The van der Waals surface area contributed by atoms with Gasteiger partial charge in [0.1, 0.15) is 0 Å². The maximum Gasteiger partial charge on any atom is 0.254 e. The first-order valence-corrected chi connectivity index (χ1v) is 5.48. The Balaban J connectivity index is 2.45. The summed E-state index contributed by atoms with van der Waals surface area (Å²) in [5.74, 6) is 0.308. The molecule has 0 aliphatic heterocycles. The molecule has 17 heavy (non-hydrogen) atoms. The minimum absolute atomic E-state index is 0.0624. The summed E-state index contributed by atoms with van der Waals surface area (Å²) in [6.45, 7) is 2.01. The quantitative estimate of drug-likeness (QED) is 0.849. The van der Waals surface area contributed by atoms with E-state index in [-0.39, 0.29) is 17.4 Å². The SMILES string of the molecule is CC(c1ccccc1)c1cc(=O)n(C)c(N)n1. The fourth-order valence-corrected chi connectivity index (χ4v) is 1.71. The standard InChI is InChI=1S/C13H15N3O/c1-9(10-6-4-3-5-7-10)11-8-12(17)16(2)13(14)15-11/h3-9H,1-2H3,(H2,14,15). The van der Waals surface area contributed by atoms with E-state index in [1.54, 1.807) is 7.05 Å². The Hall–Kier alpha value is -2.10. The van der Waals surface area contributed by atoms with Crippen LogP contribution < -0.4 is 11.3 Å². The number of hydrogen-bond donors (Lipinski definition) is 1. The molecule has 1 atom stereocenters. The van der Waals surface area contributed by atoms with Crippen LogP contribution in [0.4, 0.5) is 5.95 Å². The number of anilines is 1. The average Bonchev–Trinajstić information content (AvgIpc) is 2.35. The lowest BCUT2D eigenvalue weighted by molar-refractivity contribution is 0.789. The number of nitrogens with zero attached hydrogens (tertiary/aromatic N) is 2. The molecular formula is C13H15N3O. The third kappa shape index (κ3) is 2.20. The molecular weight excluding hydrogens is 214 g/mol. The predicted molar refractivity (Wildman–Crippen MR) is 67.8 cm³/mol. The second-order valence-corrected chi connectivity index (χ2v) is 4.07. The number of nitrogens with two attached hydrogens (primary N) is 1. The number of nitrogen functional groups attached to an aromatic ring is 1. The molecule has 0 bridgehead atoms. The van der Waals surface area contributed by atoms with Gasteiger partial charge in [0.15, 0.2) is 0 Å². The Bertz CT molecular complexity index is 575. The highest BCUT2D eigenvalue weighted by atomic mass is 16.1. The van der Waals surface area contributed by atoms with Gasteiger partial charge in [-0.15, -0.1) is 0 Å². The Morgan fingerprint density at radius 1 is 1.29 bits per heavy atom. The molecule has 1 heterocycles. The summed E-state index contributed by atoms with van der Waals surface area (Å²) in [6, 6.07) is 11.5. The lowest BCUT2D eigenvalue weighted by Crippen LogP contribution is -2.22. The van der Waals surface area contributed by atoms with Crippen molar-refractivity contribution in [2.75, 3.05) is 5.73 Å². The van der Waals surface area contributed by atoms with Crippen LogP contribution in [0.5, 0.6) is 0 Å². The molecule has 0 aliphatic rings. The maximum absolute atomic E-state index is 11.6. The summed E-state index contributed by atoms with van der Waals surface area (Å²) in [5.41, 5.74) is 7.38. The van der Waals surface area contributed by atoms with Crippen molar-refractivity contribution in [1.82, 2.24) is 9.55 Å². The second kappa shape index (κ2) is 4.41. The first kappa shape index (κ1) is 11.4. The van der Waals surface area contributed by atoms with Gasteiger partial charge in [-0.2, -0.15) is 0 Å². The Morgan fingerprint density at radius 2 is 1.94 bits per heavy atom. The molecule has 4 nitrogen and oxygen atoms in total. The zero-order valence-corrected chi connectivity index (χ0v) is 9.92. The van der Waals surface area contributed by atoms with Crippen molar-refractivity contribution in [2.24, 2.45) is 7.05 Å². The lowest BCUT2D eigenvalue weighted by Gasteiger charge is -2.12. The van der Waals surface area contributed by atoms with E-state index in [0.717, 1.165) is 5.56 Å². The van der Waals surface area contributed by atoms with Crippen LogP contribution >= 0.6 is 0 Å². The molecule has 0 fully saturated rings. The summed E-state index contributed by atoms with van der Waals surface area (Å²) >= 11 is 0.